The van der Waals surface area contributed by atoms with Crippen molar-refractivity contribution < 1.29 is 24.2 Å². The lowest BCUT2D eigenvalue weighted by atomic mass is 10.0. The molecular weight excluding hydrogens is 322 g/mol. The molecular formula is C19H21NO5. The molecule has 2 aromatic carbocycles. The molecule has 25 heavy (non-hydrogen) atoms. The van der Waals surface area contributed by atoms with Gasteiger partial charge in [-0.1, -0.05) is 18.2 Å². The van der Waals surface area contributed by atoms with Gasteiger partial charge in [-0.15, -0.1) is 0 Å². The summed E-state index contributed by atoms with van der Waals surface area (Å²) in [6.07, 6.45) is 0.495. The van der Waals surface area contributed by atoms with Crippen LogP contribution in [0.3, 0.4) is 0 Å². The molecule has 0 heterocycles. The number of carboxylic acid groups (broad SMARTS) is 1. The number of ether oxygens (including phenoxy) is 2. The number of carbonyl (C=O) groups excluding carboxylic acids is 1. The van der Waals surface area contributed by atoms with Gasteiger partial charge in [-0.2, -0.15) is 0 Å². The van der Waals surface area contributed by atoms with Gasteiger partial charge in [0.15, 0.2) is 0 Å². The predicted molar refractivity (Wildman–Crippen MR) is 94.5 cm³/mol. The molecule has 0 saturated carbocycles. The van der Waals surface area contributed by atoms with Crippen LogP contribution in [0, 0.1) is 0 Å². The molecule has 0 atom stereocenters. The highest BCUT2D eigenvalue weighted by Gasteiger charge is 2.13. The van der Waals surface area contributed by atoms with Gasteiger partial charge in [0, 0.05) is 12.5 Å². The van der Waals surface area contributed by atoms with Gasteiger partial charge in [-0.3, -0.25) is 4.79 Å². The van der Waals surface area contributed by atoms with Crippen molar-refractivity contribution in [2.45, 2.75) is 19.8 Å². The summed E-state index contributed by atoms with van der Waals surface area (Å²) in [4.78, 5) is 23.5. The molecule has 0 aliphatic heterocycles. The molecule has 0 spiro atoms. The van der Waals surface area contributed by atoms with E-state index in [9.17, 15) is 14.7 Å². The molecule has 0 fully saturated rings. The predicted octanol–water partition coefficient (Wildman–Crippen LogP) is 3.36. The van der Waals surface area contributed by atoms with Gasteiger partial charge >= 0.3 is 5.97 Å². The molecule has 2 rings (SSSR count). The van der Waals surface area contributed by atoms with Crippen LogP contribution in [-0.2, 0) is 11.2 Å². The van der Waals surface area contributed by atoms with E-state index in [-0.39, 0.29) is 17.9 Å². The Morgan fingerprint density at radius 1 is 1.16 bits per heavy atom. The van der Waals surface area contributed by atoms with Crippen molar-refractivity contribution >= 4 is 17.6 Å². The van der Waals surface area contributed by atoms with Crippen LogP contribution in [0.2, 0.25) is 0 Å². The number of methoxy groups -OCH3 is 1. The first-order valence-electron chi connectivity index (χ1n) is 7.97. The quantitative estimate of drug-likeness (QED) is 0.768. The Morgan fingerprint density at radius 3 is 2.60 bits per heavy atom. The number of hydrogen-bond donors (Lipinski definition) is 2. The number of rotatable bonds is 8. The minimum absolute atomic E-state index is 0.160. The summed E-state index contributed by atoms with van der Waals surface area (Å²) in [5, 5.41) is 12.0. The molecule has 0 aromatic heterocycles. The van der Waals surface area contributed by atoms with E-state index in [1.54, 1.807) is 43.5 Å². The molecule has 6 nitrogen and oxygen atoms in total. The lowest BCUT2D eigenvalue weighted by molar-refractivity contribution is -0.116. The van der Waals surface area contributed by atoms with Gasteiger partial charge in [-0.05, 0) is 37.1 Å². The second-order valence-corrected chi connectivity index (χ2v) is 5.31. The number of benzene rings is 2. The van der Waals surface area contributed by atoms with E-state index in [1.165, 1.54) is 6.07 Å². The van der Waals surface area contributed by atoms with E-state index in [1.807, 2.05) is 6.92 Å². The number of nitrogens with one attached hydrogen (secondary N) is 1. The monoisotopic (exact) mass is 343 g/mol. The molecule has 6 heteroatoms. The summed E-state index contributed by atoms with van der Waals surface area (Å²) in [5.74, 6) is -0.0607. The lowest BCUT2D eigenvalue weighted by Crippen LogP contribution is -2.14. The number of aromatic carboxylic acids is 1. The molecule has 0 aliphatic carbocycles. The first-order chi connectivity index (χ1) is 12.0. The number of amides is 1. The maximum Gasteiger partial charge on any atom is 0.335 e. The van der Waals surface area contributed by atoms with Gasteiger partial charge in [0.1, 0.15) is 11.5 Å². The van der Waals surface area contributed by atoms with Crippen LogP contribution in [0.15, 0.2) is 42.5 Å². The average molecular weight is 343 g/mol. The minimum Gasteiger partial charge on any atom is -0.497 e. The normalized spacial score (nSPS) is 10.2. The van der Waals surface area contributed by atoms with Crippen molar-refractivity contribution in [2.75, 3.05) is 19.0 Å². The fourth-order valence-electron chi connectivity index (χ4n) is 2.42. The summed E-state index contributed by atoms with van der Waals surface area (Å²) in [7, 11) is 1.55. The van der Waals surface area contributed by atoms with E-state index >= 15 is 0 Å². The van der Waals surface area contributed by atoms with Gasteiger partial charge in [0.05, 0.1) is 25.0 Å². The SMILES string of the molecule is CCOc1ccc(OC)cc1NC(=O)CCc1ccccc1C(=O)O. The highest BCUT2D eigenvalue weighted by atomic mass is 16.5. The van der Waals surface area contributed by atoms with Crippen LogP contribution in [0.4, 0.5) is 5.69 Å². The van der Waals surface area contributed by atoms with E-state index < -0.39 is 5.97 Å². The van der Waals surface area contributed by atoms with Gasteiger partial charge in [-0.25, -0.2) is 4.79 Å². The van der Waals surface area contributed by atoms with Gasteiger partial charge in [0.2, 0.25) is 5.91 Å². The van der Waals surface area contributed by atoms with Crippen LogP contribution in [0.1, 0.15) is 29.3 Å². The first kappa shape index (κ1) is 18.3. The van der Waals surface area contributed by atoms with Crippen molar-refractivity contribution in [1.82, 2.24) is 0 Å². The fraction of sp³-hybridized carbons (Fsp3) is 0.263. The summed E-state index contributed by atoms with van der Waals surface area (Å²) in [5.41, 5.74) is 1.37. The van der Waals surface area contributed by atoms with Crippen LogP contribution < -0.4 is 14.8 Å². The summed E-state index contributed by atoms with van der Waals surface area (Å²) in [6, 6.07) is 11.8. The summed E-state index contributed by atoms with van der Waals surface area (Å²) in [6.45, 7) is 2.33. The number of hydrogen-bond acceptors (Lipinski definition) is 4. The Morgan fingerprint density at radius 2 is 1.92 bits per heavy atom. The van der Waals surface area contributed by atoms with E-state index in [4.69, 9.17) is 9.47 Å². The zero-order chi connectivity index (χ0) is 18.2. The Balaban J connectivity index is 2.07. The topological polar surface area (TPSA) is 84.9 Å². The van der Waals surface area contributed by atoms with E-state index in [0.29, 0.717) is 35.8 Å². The van der Waals surface area contributed by atoms with Crippen LogP contribution in [0.25, 0.3) is 0 Å². The second kappa shape index (κ2) is 8.73. The Bertz CT molecular complexity index is 757. The molecule has 0 saturated heterocycles. The smallest absolute Gasteiger partial charge is 0.335 e. The van der Waals surface area contributed by atoms with Gasteiger partial charge < -0.3 is 19.9 Å². The molecule has 1 amide bonds. The van der Waals surface area contributed by atoms with E-state index in [2.05, 4.69) is 5.32 Å². The maximum absolute atomic E-state index is 12.3. The van der Waals surface area contributed by atoms with Crippen LogP contribution >= 0.6 is 0 Å². The second-order valence-electron chi connectivity index (χ2n) is 5.31. The highest BCUT2D eigenvalue weighted by Crippen LogP contribution is 2.29. The molecule has 0 aliphatic rings. The number of anilines is 1. The van der Waals surface area contributed by atoms with E-state index in [0.717, 1.165) is 0 Å². The van der Waals surface area contributed by atoms with Crippen molar-refractivity contribution in [2.24, 2.45) is 0 Å². The van der Waals surface area contributed by atoms with Gasteiger partial charge in [0.25, 0.3) is 0 Å². The lowest BCUT2D eigenvalue weighted by Gasteiger charge is -2.13. The fourth-order valence-corrected chi connectivity index (χ4v) is 2.42. The van der Waals surface area contributed by atoms with Crippen molar-refractivity contribution in [3.8, 4) is 11.5 Å². The number of carboxylic acids is 1. The molecule has 132 valence electrons. The zero-order valence-corrected chi connectivity index (χ0v) is 14.2. The Labute approximate surface area is 146 Å². The zero-order valence-electron chi connectivity index (χ0n) is 14.2. The van der Waals surface area contributed by atoms with Crippen molar-refractivity contribution in [3.63, 3.8) is 0 Å². The standard InChI is InChI=1S/C19H21NO5/c1-3-25-17-10-9-14(24-2)12-16(17)20-18(21)11-8-13-6-4-5-7-15(13)19(22)23/h4-7,9-10,12H,3,8,11H2,1-2H3,(H,20,21)(H,22,23). The molecule has 0 bridgehead atoms. The third-order valence-electron chi connectivity index (χ3n) is 3.63. The van der Waals surface area contributed by atoms with Crippen molar-refractivity contribution in [3.05, 3.63) is 53.6 Å². The molecule has 0 radical (unpaired) electrons. The summed E-state index contributed by atoms with van der Waals surface area (Å²) < 4.78 is 10.7. The van der Waals surface area contributed by atoms with Crippen LogP contribution in [0.5, 0.6) is 11.5 Å². The Kier molecular flexibility index (Phi) is 6.39. The highest BCUT2D eigenvalue weighted by molar-refractivity contribution is 5.93. The Hall–Kier alpha value is -3.02. The number of aryl methyl sites for hydroxylation is 1. The number of carbonyl (C=O) groups is 2. The minimum atomic E-state index is -0.998. The molecule has 0 unspecified atom stereocenters. The molecule has 2 N–H and O–H groups in total. The van der Waals surface area contributed by atoms with Crippen LogP contribution in [-0.4, -0.2) is 30.7 Å². The maximum atomic E-state index is 12.3. The third-order valence-corrected chi connectivity index (χ3v) is 3.63. The largest absolute Gasteiger partial charge is 0.497 e. The average Bonchev–Trinajstić information content (AvgIpc) is 2.61. The molecule has 2 aromatic rings. The third kappa shape index (κ3) is 4.97. The first-order valence-corrected chi connectivity index (χ1v) is 7.97. The summed E-state index contributed by atoms with van der Waals surface area (Å²) >= 11 is 0. The van der Waals surface area contributed by atoms with Crippen molar-refractivity contribution in [1.29, 1.82) is 0 Å².